The van der Waals surface area contributed by atoms with Gasteiger partial charge in [0, 0.05) is 17.3 Å². The number of aromatic nitrogens is 3. The number of halogens is 1. The predicted octanol–water partition coefficient (Wildman–Crippen LogP) is 4.53. The summed E-state index contributed by atoms with van der Waals surface area (Å²) in [4.78, 5) is 12.4. The normalized spacial score (nSPS) is 10.6. The van der Waals surface area contributed by atoms with Gasteiger partial charge in [0.2, 0.25) is 5.91 Å². The van der Waals surface area contributed by atoms with Gasteiger partial charge in [0.15, 0.2) is 11.0 Å². The average Bonchev–Trinajstić information content (AvgIpc) is 3.06. The number of hydrogen-bond donors (Lipinski definition) is 2. The number of aryl methyl sites for hydroxylation is 1. The van der Waals surface area contributed by atoms with Gasteiger partial charge in [-0.3, -0.25) is 9.36 Å². The minimum atomic E-state index is -0.173. The summed E-state index contributed by atoms with van der Waals surface area (Å²) < 4.78 is 1.81. The molecule has 3 aromatic rings. The van der Waals surface area contributed by atoms with Crippen LogP contribution in [0.15, 0.2) is 60.3 Å². The van der Waals surface area contributed by atoms with E-state index >= 15 is 0 Å². The summed E-state index contributed by atoms with van der Waals surface area (Å²) >= 11 is 7.26. The summed E-state index contributed by atoms with van der Waals surface area (Å²) in [5, 5.41) is 22.5. The number of anilines is 1. The number of allylic oxidation sites excluding steroid dienone is 1. The van der Waals surface area contributed by atoms with Crippen LogP contribution in [0.1, 0.15) is 5.56 Å². The molecule has 0 bridgehead atoms. The highest BCUT2D eigenvalue weighted by atomic mass is 35.5. The number of phenols is 1. The van der Waals surface area contributed by atoms with Crippen LogP contribution < -0.4 is 5.32 Å². The molecule has 0 saturated carbocycles. The molecule has 1 aromatic heterocycles. The van der Waals surface area contributed by atoms with Gasteiger partial charge in [-0.25, -0.2) is 0 Å². The summed E-state index contributed by atoms with van der Waals surface area (Å²) in [6.07, 6.45) is 1.71. The van der Waals surface area contributed by atoms with Crippen LogP contribution in [0.3, 0.4) is 0 Å². The highest BCUT2D eigenvalue weighted by Gasteiger charge is 2.17. The summed E-state index contributed by atoms with van der Waals surface area (Å²) in [7, 11) is 0. The number of benzene rings is 2. The lowest BCUT2D eigenvalue weighted by Crippen LogP contribution is -2.15. The largest absolute Gasteiger partial charge is 0.507 e. The number of carbonyl (C=O) groups is 1. The molecule has 1 heterocycles. The number of nitrogens with zero attached hydrogens (tertiary/aromatic N) is 3. The van der Waals surface area contributed by atoms with Crippen molar-refractivity contribution in [3.05, 3.63) is 65.7 Å². The van der Waals surface area contributed by atoms with Crippen molar-refractivity contribution in [1.82, 2.24) is 14.8 Å². The van der Waals surface area contributed by atoms with Gasteiger partial charge in [0.25, 0.3) is 0 Å². The average molecular weight is 415 g/mol. The van der Waals surface area contributed by atoms with Crippen LogP contribution in [0, 0.1) is 6.92 Å². The maximum absolute atomic E-state index is 12.4. The molecule has 3 rings (SSSR count). The Kier molecular flexibility index (Phi) is 6.38. The van der Waals surface area contributed by atoms with Crippen molar-refractivity contribution < 1.29 is 9.90 Å². The van der Waals surface area contributed by atoms with Crippen molar-refractivity contribution in [3.8, 4) is 17.1 Å². The molecule has 0 atom stereocenters. The minimum Gasteiger partial charge on any atom is -0.507 e. The van der Waals surface area contributed by atoms with Crippen LogP contribution in [0.4, 0.5) is 5.69 Å². The Balaban J connectivity index is 1.75. The van der Waals surface area contributed by atoms with E-state index in [0.29, 0.717) is 33.8 Å². The topological polar surface area (TPSA) is 80.0 Å². The minimum absolute atomic E-state index is 0.117. The third-order valence-corrected chi connectivity index (χ3v) is 5.18. The second kappa shape index (κ2) is 8.95. The standard InChI is InChI=1S/C20H19ClN4O2S/c1-3-10-25-19(15-6-4-5-7-17(15)26)23-24-20(25)28-12-18(27)22-16-11-14(21)9-8-13(16)2/h3-9,11,26H,1,10,12H2,2H3,(H,22,27). The Hall–Kier alpha value is -2.77. The molecule has 28 heavy (non-hydrogen) atoms. The van der Waals surface area contributed by atoms with Crippen LogP contribution in [0.25, 0.3) is 11.4 Å². The number of carbonyl (C=O) groups excluding carboxylic acids is 1. The van der Waals surface area contributed by atoms with Crippen LogP contribution in [-0.2, 0) is 11.3 Å². The second-order valence-electron chi connectivity index (χ2n) is 6.02. The molecular formula is C20H19ClN4O2S. The quantitative estimate of drug-likeness (QED) is 0.438. The number of thioether (sulfide) groups is 1. The second-order valence-corrected chi connectivity index (χ2v) is 7.40. The van der Waals surface area contributed by atoms with Crippen molar-refractivity contribution in [2.24, 2.45) is 0 Å². The molecule has 0 aliphatic carbocycles. The molecule has 0 fully saturated rings. The zero-order valence-electron chi connectivity index (χ0n) is 15.2. The number of phenolic OH excluding ortho intramolecular Hbond substituents is 1. The molecule has 144 valence electrons. The fourth-order valence-electron chi connectivity index (χ4n) is 2.60. The van der Waals surface area contributed by atoms with E-state index in [-0.39, 0.29) is 17.4 Å². The van der Waals surface area contributed by atoms with Gasteiger partial charge >= 0.3 is 0 Å². The van der Waals surface area contributed by atoms with Crippen LogP contribution in [0.2, 0.25) is 5.02 Å². The van der Waals surface area contributed by atoms with Crippen molar-refractivity contribution in [1.29, 1.82) is 0 Å². The van der Waals surface area contributed by atoms with Crippen LogP contribution >= 0.6 is 23.4 Å². The van der Waals surface area contributed by atoms with E-state index in [1.165, 1.54) is 11.8 Å². The van der Waals surface area contributed by atoms with Gasteiger partial charge in [-0.1, -0.05) is 47.6 Å². The highest BCUT2D eigenvalue weighted by Crippen LogP contribution is 2.30. The molecule has 0 spiro atoms. The third-order valence-electron chi connectivity index (χ3n) is 3.98. The monoisotopic (exact) mass is 414 g/mol. The zero-order valence-corrected chi connectivity index (χ0v) is 16.8. The van der Waals surface area contributed by atoms with E-state index < -0.39 is 0 Å². The lowest BCUT2D eigenvalue weighted by molar-refractivity contribution is -0.113. The molecule has 0 saturated heterocycles. The molecule has 1 amide bonds. The first-order valence-corrected chi connectivity index (χ1v) is 9.87. The van der Waals surface area contributed by atoms with Gasteiger partial charge < -0.3 is 10.4 Å². The zero-order chi connectivity index (χ0) is 20.1. The molecule has 0 unspecified atom stereocenters. The van der Waals surface area contributed by atoms with Gasteiger partial charge in [-0.05, 0) is 36.8 Å². The Morgan fingerprint density at radius 2 is 2.11 bits per heavy atom. The van der Waals surface area contributed by atoms with Crippen molar-refractivity contribution in [2.75, 3.05) is 11.1 Å². The molecular weight excluding hydrogens is 396 g/mol. The van der Waals surface area contributed by atoms with E-state index in [1.54, 1.807) is 36.4 Å². The number of aromatic hydroxyl groups is 1. The summed E-state index contributed by atoms with van der Waals surface area (Å²) in [5.41, 5.74) is 2.18. The molecule has 8 heteroatoms. The highest BCUT2D eigenvalue weighted by molar-refractivity contribution is 7.99. The number of rotatable bonds is 7. The molecule has 0 radical (unpaired) electrons. The lowest BCUT2D eigenvalue weighted by atomic mass is 10.2. The smallest absolute Gasteiger partial charge is 0.234 e. The van der Waals surface area contributed by atoms with Gasteiger partial charge in [-0.2, -0.15) is 0 Å². The van der Waals surface area contributed by atoms with E-state index in [2.05, 4.69) is 22.1 Å². The molecule has 6 nitrogen and oxygen atoms in total. The lowest BCUT2D eigenvalue weighted by Gasteiger charge is -2.10. The summed E-state index contributed by atoms with van der Waals surface area (Å²) in [6, 6.07) is 12.3. The maximum atomic E-state index is 12.4. The Bertz CT molecular complexity index is 1020. The van der Waals surface area contributed by atoms with Gasteiger partial charge in [0.05, 0.1) is 11.3 Å². The molecule has 2 N–H and O–H groups in total. The Labute approximate surface area is 172 Å². The number of para-hydroxylation sites is 1. The van der Waals surface area contributed by atoms with E-state index in [4.69, 9.17) is 11.6 Å². The van der Waals surface area contributed by atoms with Crippen molar-refractivity contribution >= 4 is 35.0 Å². The van der Waals surface area contributed by atoms with Crippen LogP contribution in [0.5, 0.6) is 5.75 Å². The van der Waals surface area contributed by atoms with Gasteiger partial charge in [0.1, 0.15) is 5.75 Å². The third kappa shape index (κ3) is 4.55. The first-order chi connectivity index (χ1) is 13.5. The predicted molar refractivity (Wildman–Crippen MR) is 113 cm³/mol. The Morgan fingerprint density at radius 3 is 2.86 bits per heavy atom. The maximum Gasteiger partial charge on any atom is 0.234 e. The van der Waals surface area contributed by atoms with Gasteiger partial charge in [-0.15, -0.1) is 16.8 Å². The summed E-state index contributed by atoms with van der Waals surface area (Å²) in [6.45, 7) is 6.12. The number of nitrogens with one attached hydrogen (secondary N) is 1. The first kappa shape index (κ1) is 20.0. The van der Waals surface area contributed by atoms with E-state index in [9.17, 15) is 9.90 Å². The number of hydrogen-bond acceptors (Lipinski definition) is 5. The van der Waals surface area contributed by atoms with Crippen LogP contribution in [-0.4, -0.2) is 31.5 Å². The number of amides is 1. The fraction of sp³-hybridized carbons (Fsp3) is 0.150. The Morgan fingerprint density at radius 1 is 1.32 bits per heavy atom. The van der Waals surface area contributed by atoms with E-state index in [1.807, 2.05) is 23.6 Å². The summed E-state index contributed by atoms with van der Waals surface area (Å²) in [5.74, 6) is 0.618. The molecule has 0 aliphatic rings. The first-order valence-electron chi connectivity index (χ1n) is 8.51. The molecule has 2 aromatic carbocycles. The SMILES string of the molecule is C=CCn1c(SCC(=O)Nc2cc(Cl)ccc2C)nnc1-c1ccccc1O. The van der Waals surface area contributed by atoms with Crippen molar-refractivity contribution in [3.63, 3.8) is 0 Å². The van der Waals surface area contributed by atoms with Crippen molar-refractivity contribution in [2.45, 2.75) is 18.6 Å². The fourth-order valence-corrected chi connectivity index (χ4v) is 3.52. The molecule has 0 aliphatic heterocycles. The van der Waals surface area contributed by atoms with E-state index in [0.717, 1.165) is 5.56 Å².